The Hall–Kier alpha value is -2.33. The van der Waals surface area contributed by atoms with Crippen molar-refractivity contribution in [3.8, 4) is 17.0 Å². The van der Waals surface area contributed by atoms with Crippen molar-refractivity contribution in [1.29, 1.82) is 0 Å². The highest BCUT2D eigenvalue weighted by Gasteiger charge is 2.10. The molecule has 0 N–H and O–H groups in total. The smallest absolute Gasteiger partial charge is 0.195 e. The Morgan fingerprint density at radius 1 is 1.10 bits per heavy atom. The lowest BCUT2D eigenvalue weighted by atomic mass is 10.1. The van der Waals surface area contributed by atoms with E-state index in [0.29, 0.717) is 0 Å². The number of fused-ring (bicyclic) bond motifs is 3. The Balaban J connectivity index is 1.92. The first-order chi connectivity index (χ1) is 9.85. The standard InChI is InChI=1S/C16H12N2OS/c1-19-12-6-4-5-11(9-12)13-10-18-14-7-2-3-8-15(14)20-16(18)17-13/h2-10H,1H3. The van der Waals surface area contributed by atoms with E-state index in [0.717, 1.165) is 22.0 Å². The SMILES string of the molecule is COc1cccc(-c2cn3c(n2)sc2ccccc23)c1. The summed E-state index contributed by atoms with van der Waals surface area (Å²) in [6, 6.07) is 16.3. The minimum atomic E-state index is 0.851. The predicted molar refractivity (Wildman–Crippen MR) is 82.6 cm³/mol. The van der Waals surface area contributed by atoms with Crippen molar-refractivity contribution in [3.63, 3.8) is 0 Å². The number of rotatable bonds is 2. The summed E-state index contributed by atoms with van der Waals surface area (Å²) in [5.74, 6) is 0.851. The molecule has 0 bridgehead atoms. The van der Waals surface area contributed by atoms with E-state index in [1.165, 1.54) is 10.2 Å². The first kappa shape index (κ1) is 11.5. The molecule has 4 heteroatoms. The molecule has 0 atom stereocenters. The van der Waals surface area contributed by atoms with Crippen LogP contribution in [0.3, 0.4) is 0 Å². The number of hydrogen-bond donors (Lipinski definition) is 0. The molecule has 0 amide bonds. The molecule has 0 fully saturated rings. The van der Waals surface area contributed by atoms with Crippen LogP contribution in [0, 0.1) is 0 Å². The van der Waals surface area contributed by atoms with Crippen LogP contribution >= 0.6 is 11.3 Å². The van der Waals surface area contributed by atoms with Crippen molar-refractivity contribution in [2.45, 2.75) is 0 Å². The Morgan fingerprint density at radius 2 is 2.00 bits per heavy atom. The van der Waals surface area contributed by atoms with E-state index in [4.69, 9.17) is 9.72 Å². The molecule has 2 aromatic heterocycles. The second kappa shape index (κ2) is 4.35. The lowest BCUT2D eigenvalue weighted by Gasteiger charge is -2.01. The van der Waals surface area contributed by atoms with Crippen molar-refractivity contribution in [2.75, 3.05) is 7.11 Å². The van der Waals surface area contributed by atoms with Gasteiger partial charge in [-0.15, -0.1) is 0 Å². The molecule has 4 rings (SSSR count). The Labute approximate surface area is 120 Å². The molecular formula is C16H12N2OS. The molecule has 0 radical (unpaired) electrons. The molecule has 2 aromatic carbocycles. The average molecular weight is 280 g/mol. The molecule has 0 aliphatic heterocycles. The molecule has 2 heterocycles. The maximum atomic E-state index is 5.27. The molecule has 3 nitrogen and oxygen atoms in total. The fourth-order valence-electron chi connectivity index (χ4n) is 2.37. The van der Waals surface area contributed by atoms with Crippen LogP contribution in [0.25, 0.3) is 26.4 Å². The summed E-state index contributed by atoms with van der Waals surface area (Å²) in [6.45, 7) is 0. The Bertz CT molecular complexity index is 907. The van der Waals surface area contributed by atoms with E-state index >= 15 is 0 Å². The first-order valence-corrected chi connectivity index (χ1v) is 7.18. The number of benzene rings is 2. The van der Waals surface area contributed by atoms with Crippen LogP contribution in [-0.2, 0) is 0 Å². The van der Waals surface area contributed by atoms with Gasteiger partial charge in [0.05, 0.1) is 23.0 Å². The molecule has 0 saturated carbocycles. The van der Waals surface area contributed by atoms with Gasteiger partial charge in [0.2, 0.25) is 0 Å². The Morgan fingerprint density at radius 3 is 2.90 bits per heavy atom. The van der Waals surface area contributed by atoms with Gasteiger partial charge < -0.3 is 4.74 Å². The van der Waals surface area contributed by atoms with Gasteiger partial charge in [-0.2, -0.15) is 0 Å². The maximum absolute atomic E-state index is 5.27. The van der Waals surface area contributed by atoms with E-state index in [9.17, 15) is 0 Å². The summed E-state index contributed by atoms with van der Waals surface area (Å²) >= 11 is 1.71. The van der Waals surface area contributed by atoms with Gasteiger partial charge in [0.1, 0.15) is 5.75 Å². The zero-order chi connectivity index (χ0) is 13.5. The monoisotopic (exact) mass is 280 g/mol. The Kier molecular flexibility index (Phi) is 2.50. The van der Waals surface area contributed by atoms with Crippen LogP contribution < -0.4 is 4.74 Å². The highest BCUT2D eigenvalue weighted by molar-refractivity contribution is 7.23. The summed E-state index contributed by atoms with van der Waals surface area (Å²) in [7, 11) is 1.68. The highest BCUT2D eigenvalue weighted by Crippen LogP contribution is 2.30. The third-order valence-electron chi connectivity index (χ3n) is 3.37. The fourth-order valence-corrected chi connectivity index (χ4v) is 3.38. The molecule has 4 aromatic rings. The number of ether oxygens (including phenoxy) is 1. The lowest BCUT2D eigenvalue weighted by Crippen LogP contribution is -1.83. The first-order valence-electron chi connectivity index (χ1n) is 6.36. The number of nitrogens with zero attached hydrogens (tertiary/aromatic N) is 2. The zero-order valence-electron chi connectivity index (χ0n) is 10.9. The predicted octanol–water partition coefficient (Wildman–Crippen LogP) is 4.22. The van der Waals surface area contributed by atoms with Crippen LogP contribution in [0.5, 0.6) is 5.75 Å². The summed E-state index contributed by atoms with van der Waals surface area (Å²) in [5.41, 5.74) is 3.25. The van der Waals surface area contributed by atoms with Crippen molar-refractivity contribution in [3.05, 3.63) is 54.7 Å². The fraction of sp³-hybridized carbons (Fsp3) is 0.0625. The molecule has 0 spiro atoms. The van der Waals surface area contributed by atoms with Crippen LogP contribution in [0.15, 0.2) is 54.7 Å². The van der Waals surface area contributed by atoms with Crippen LogP contribution in [0.4, 0.5) is 0 Å². The minimum absolute atomic E-state index is 0.851. The molecule has 0 unspecified atom stereocenters. The molecular weight excluding hydrogens is 268 g/mol. The third-order valence-corrected chi connectivity index (χ3v) is 4.40. The summed E-state index contributed by atoms with van der Waals surface area (Å²) in [6.07, 6.45) is 2.09. The molecule has 0 saturated heterocycles. The van der Waals surface area contributed by atoms with Gasteiger partial charge in [-0.1, -0.05) is 35.6 Å². The van der Waals surface area contributed by atoms with Crippen LogP contribution in [-0.4, -0.2) is 16.5 Å². The molecule has 98 valence electrons. The zero-order valence-corrected chi connectivity index (χ0v) is 11.7. The summed E-state index contributed by atoms with van der Waals surface area (Å²) < 4.78 is 8.67. The van der Waals surface area contributed by atoms with E-state index in [2.05, 4.69) is 40.9 Å². The number of aromatic nitrogens is 2. The minimum Gasteiger partial charge on any atom is -0.497 e. The maximum Gasteiger partial charge on any atom is 0.195 e. The third kappa shape index (κ3) is 1.69. The summed E-state index contributed by atoms with van der Waals surface area (Å²) in [5, 5.41) is 0. The average Bonchev–Trinajstić information content (AvgIpc) is 3.05. The normalized spacial score (nSPS) is 11.2. The quantitative estimate of drug-likeness (QED) is 0.549. The van der Waals surface area contributed by atoms with Gasteiger partial charge in [0.15, 0.2) is 4.96 Å². The van der Waals surface area contributed by atoms with Gasteiger partial charge >= 0.3 is 0 Å². The van der Waals surface area contributed by atoms with Gasteiger partial charge in [0.25, 0.3) is 0 Å². The van der Waals surface area contributed by atoms with Crippen molar-refractivity contribution in [2.24, 2.45) is 0 Å². The lowest BCUT2D eigenvalue weighted by molar-refractivity contribution is 0.415. The van der Waals surface area contributed by atoms with E-state index in [1.54, 1.807) is 18.4 Å². The van der Waals surface area contributed by atoms with Gasteiger partial charge in [-0.05, 0) is 24.3 Å². The van der Waals surface area contributed by atoms with Crippen molar-refractivity contribution in [1.82, 2.24) is 9.38 Å². The van der Waals surface area contributed by atoms with E-state index in [-0.39, 0.29) is 0 Å². The molecule has 0 aliphatic carbocycles. The number of thiazole rings is 1. The van der Waals surface area contributed by atoms with Crippen LogP contribution in [0.2, 0.25) is 0 Å². The largest absolute Gasteiger partial charge is 0.497 e. The second-order valence-corrected chi connectivity index (χ2v) is 5.59. The molecule has 20 heavy (non-hydrogen) atoms. The number of imidazole rings is 1. The highest BCUT2D eigenvalue weighted by atomic mass is 32.1. The van der Waals surface area contributed by atoms with Crippen molar-refractivity contribution < 1.29 is 4.74 Å². The van der Waals surface area contributed by atoms with Gasteiger partial charge in [-0.3, -0.25) is 4.40 Å². The van der Waals surface area contributed by atoms with Crippen molar-refractivity contribution >= 4 is 26.5 Å². The van der Waals surface area contributed by atoms with Crippen LogP contribution in [0.1, 0.15) is 0 Å². The van der Waals surface area contributed by atoms with Gasteiger partial charge in [0, 0.05) is 11.8 Å². The number of hydrogen-bond acceptors (Lipinski definition) is 3. The number of methoxy groups -OCH3 is 1. The van der Waals surface area contributed by atoms with E-state index < -0.39 is 0 Å². The van der Waals surface area contributed by atoms with E-state index in [1.807, 2.05) is 18.2 Å². The number of para-hydroxylation sites is 1. The topological polar surface area (TPSA) is 26.5 Å². The summed E-state index contributed by atoms with van der Waals surface area (Å²) in [4.78, 5) is 5.74. The second-order valence-electron chi connectivity index (χ2n) is 4.58. The van der Waals surface area contributed by atoms with Gasteiger partial charge in [-0.25, -0.2) is 4.98 Å². The molecule has 0 aliphatic rings.